The minimum Gasteiger partial charge on any atom is -0.445 e. The van der Waals surface area contributed by atoms with Gasteiger partial charge in [-0.3, -0.25) is 4.79 Å². The van der Waals surface area contributed by atoms with Gasteiger partial charge in [-0.25, -0.2) is 13.4 Å². The maximum absolute atomic E-state index is 12.1. The third-order valence-corrected chi connectivity index (χ3v) is 7.03. The molecule has 0 N–H and O–H groups in total. The molecule has 26 heavy (non-hydrogen) atoms. The summed E-state index contributed by atoms with van der Waals surface area (Å²) < 4.78 is 28.6. The summed E-state index contributed by atoms with van der Waals surface area (Å²) >= 11 is 0. The molecule has 0 bridgehead atoms. The van der Waals surface area contributed by atoms with Gasteiger partial charge in [0.25, 0.3) is 0 Å². The SMILES string of the molecule is CC(C)(C)S(=O)(=O)CCCCCC(=O)Cc1ccc(-c2ncco2)cc1. The highest BCUT2D eigenvalue weighted by Gasteiger charge is 2.27. The van der Waals surface area contributed by atoms with Gasteiger partial charge in [0, 0.05) is 18.4 Å². The molecule has 0 atom stereocenters. The smallest absolute Gasteiger partial charge is 0.225 e. The highest BCUT2D eigenvalue weighted by molar-refractivity contribution is 7.92. The van der Waals surface area contributed by atoms with Gasteiger partial charge in [-0.15, -0.1) is 0 Å². The van der Waals surface area contributed by atoms with E-state index in [1.54, 1.807) is 27.0 Å². The molecule has 0 aliphatic carbocycles. The van der Waals surface area contributed by atoms with Crippen LogP contribution in [-0.4, -0.2) is 29.7 Å². The van der Waals surface area contributed by atoms with Gasteiger partial charge in [0.2, 0.25) is 5.89 Å². The Hall–Kier alpha value is -1.95. The summed E-state index contributed by atoms with van der Waals surface area (Å²) in [5, 5.41) is 0. The summed E-state index contributed by atoms with van der Waals surface area (Å²) in [6.07, 6.45) is 6.09. The van der Waals surface area contributed by atoms with Crippen molar-refractivity contribution in [3.8, 4) is 11.5 Å². The van der Waals surface area contributed by atoms with Gasteiger partial charge in [-0.05, 0) is 51.3 Å². The highest BCUT2D eigenvalue weighted by atomic mass is 32.2. The van der Waals surface area contributed by atoms with Gasteiger partial charge >= 0.3 is 0 Å². The van der Waals surface area contributed by atoms with Crippen LogP contribution in [0.1, 0.15) is 52.0 Å². The minimum absolute atomic E-state index is 0.174. The van der Waals surface area contributed by atoms with E-state index in [2.05, 4.69) is 4.98 Å². The number of carbonyl (C=O) groups excluding carboxylic acids is 1. The Balaban J connectivity index is 1.71. The first-order chi connectivity index (χ1) is 12.2. The Bertz CT molecular complexity index is 800. The van der Waals surface area contributed by atoms with Crippen LogP contribution < -0.4 is 0 Å². The van der Waals surface area contributed by atoms with Gasteiger partial charge in [-0.1, -0.05) is 18.6 Å². The first-order valence-electron chi connectivity index (χ1n) is 8.92. The molecular formula is C20H27NO4S. The van der Waals surface area contributed by atoms with Gasteiger partial charge in [0.05, 0.1) is 16.7 Å². The van der Waals surface area contributed by atoms with E-state index in [0.717, 1.165) is 24.0 Å². The third-order valence-electron chi connectivity index (χ3n) is 4.34. The first kappa shape index (κ1) is 20.4. The fourth-order valence-electron chi connectivity index (χ4n) is 2.54. The van der Waals surface area contributed by atoms with Crippen molar-refractivity contribution >= 4 is 15.6 Å². The Morgan fingerprint density at radius 1 is 1.08 bits per heavy atom. The summed E-state index contributed by atoms with van der Waals surface area (Å²) in [5.74, 6) is 0.924. The van der Waals surface area contributed by atoms with E-state index in [9.17, 15) is 13.2 Å². The Morgan fingerprint density at radius 2 is 1.77 bits per heavy atom. The fraction of sp³-hybridized carbons (Fsp3) is 0.500. The van der Waals surface area contributed by atoms with Gasteiger partial charge in [-0.2, -0.15) is 0 Å². The van der Waals surface area contributed by atoms with Crippen molar-refractivity contribution in [2.24, 2.45) is 0 Å². The molecule has 0 amide bonds. The number of sulfone groups is 1. The van der Waals surface area contributed by atoms with Crippen LogP contribution >= 0.6 is 0 Å². The molecule has 6 heteroatoms. The van der Waals surface area contributed by atoms with Crippen molar-refractivity contribution in [2.75, 3.05) is 5.75 Å². The molecule has 2 aromatic rings. The maximum atomic E-state index is 12.1. The van der Waals surface area contributed by atoms with E-state index in [1.165, 1.54) is 6.26 Å². The number of Topliss-reactive ketones (excluding diaryl/α,β-unsaturated/α-hetero) is 1. The lowest BCUT2D eigenvalue weighted by molar-refractivity contribution is -0.118. The average molecular weight is 378 g/mol. The Kier molecular flexibility index (Phi) is 6.75. The quantitative estimate of drug-likeness (QED) is 0.611. The predicted octanol–water partition coefficient (Wildman–Crippen LogP) is 4.23. The molecule has 5 nitrogen and oxygen atoms in total. The summed E-state index contributed by atoms with van der Waals surface area (Å²) in [6, 6.07) is 7.61. The molecular weight excluding hydrogens is 350 g/mol. The number of oxazole rings is 1. The molecule has 0 aliphatic rings. The van der Waals surface area contributed by atoms with E-state index in [1.807, 2.05) is 24.3 Å². The van der Waals surface area contributed by atoms with Crippen LogP contribution in [0, 0.1) is 0 Å². The molecule has 0 fully saturated rings. The molecule has 142 valence electrons. The second-order valence-corrected chi connectivity index (χ2v) is 10.4. The second kappa shape index (κ2) is 8.62. The minimum atomic E-state index is -3.07. The molecule has 0 radical (unpaired) electrons. The van der Waals surface area contributed by atoms with Gasteiger partial charge in [0.15, 0.2) is 9.84 Å². The van der Waals surface area contributed by atoms with Crippen LogP contribution in [0.25, 0.3) is 11.5 Å². The largest absolute Gasteiger partial charge is 0.445 e. The molecule has 1 aromatic carbocycles. The Labute approximate surface area is 155 Å². The number of aromatic nitrogens is 1. The second-order valence-electron chi connectivity index (χ2n) is 7.49. The number of unbranched alkanes of at least 4 members (excludes halogenated alkanes) is 2. The number of carbonyl (C=O) groups is 1. The molecule has 1 heterocycles. The molecule has 2 rings (SSSR count). The molecule has 0 aliphatic heterocycles. The molecule has 0 unspecified atom stereocenters. The van der Waals surface area contributed by atoms with E-state index < -0.39 is 14.6 Å². The number of hydrogen-bond donors (Lipinski definition) is 0. The Morgan fingerprint density at radius 3 is 2.35 bits per heavy atom. The summed E-state index contributed by atoms with van der Waals surface area (Å²) in [4.78, 5) is 16.2. The summed E-state index contributed by atoms with van der Waals surface area (Å²) in [6.45, 7) is 5.16. The van der Waals surface area contributed by atoms with Gasteiger partial charge < -0.3 is 4.42 Å². The standard InChI is InChI=1S/C20H27NO4S/c1-20(2,3)26(23,24)14-6-4-5-7-18(22)15-16-8-10-17(11-9-16)19-21-12-13-25-19/h8-13H,4-7,14-15H2,1-3H3. The average Bonchev–Trinajstić information content (AvgIpc) is 3.08. The number of hydrogen-bond acceptors (Lipinski definition) is 5. The molecule has 0 saturated heterocycles. The normalized spacial score (nSPS) is 12.3. The lowest BCUT2D eigenvalue weighted by Crippen LogP contribution is -2.30. The van der Waals surface area contributed by atoms with Crippen molar-refractivity contribution in [1.29, 1.82) is 0 Å². The van der Waals surface area contributed by atoms with E-state index in [-0.39, 0.29) is 11.5 Å². The number of ketones is 1. The van der Waals surface area contributed by atoms with Crippen LogP contribution in [0.4, 0.5) is 0 Å². The lowest BCUT2D eigenvalue weighted by atomic mass is 10.0. The predicted molar refractivity (Wildman–Crippen MR) is 103 cm³/mol. The number of nitrogens with zero attached hydrogens (tertiary/aromatic N) is 1. The van der Waals surface area contributed by atoms with Crippen LogP contribution in [0.15, 0.2) is 41.1 Å². The first-order valence-corrected chi connectivity index (χ1v) is 10.6. The van der Waals surface area contributed by atoms with Crippen LogP contribution in [0.2, 0.25) is 0 Å². The summed E-state index contributed by atoms with van der Waals surface area (Å²) in [5.41, 5.74) is 1.84. The zero-order valence-electron chi connectivity index (χ0n) is 15.7. The van der Waals surface area contributed by atoms with Crippen molar-refractivity contribution in [1.82, 2.24) is 4.98 Å². The lowest BCUT2D eigenvalue weighted by Gasteiger charge is -2.18. The van der Waals surface area contributed by atoms with Crippen LogP contribution in [-0.2, 0) is 21.1 Å². The van der Waals surface area contributed by atoms with E-state index in [4.69, 9.17) is 4.42 Å². The van der Waals surface area contributed by atoms with Gasteiger partial charge in [0.1, 0.15) is 12.0 Å². The number of benzene rings is 1. The van der Waals surface area contributed by atoms with Crippen molar-refractivity contribution in [3.05, 3.63) is 42.3 Å². The zero-order valence-corrected chi connectivity index (χ0v) is 16.5. The van der Waals surface area contributed by atoms with E-state index in [0.29, 0.717) is 25.2 Å². The van der Waals surface area contributed by atoms with Crippen molar-refractivity contribution in [3.63, 3.8) is 0 Å². The van der Waals surface area contributed by atoms with E-state index >= 15 is 0 Å². The maximum Gasteiger partial charge on any atom is 0.225 e. The zero-order chi connectivity index (χ0) is 19.2. The molecule has 0 saturated carbocycles. The number of rotatable bonds is 9. The molecule has 0 spiro atoms. The van der Waals surface area contributed by atoms with Crippen LogP contribution in [0.3, 0.4) is 0 Å². The monoisotopic (exact) mass is 377 g/mol. The highest BCUT2D eigenvalue weighted by Crippen LogP contribution is 2.19. The topological polar surface area (TPSA) is 77.2 Å². The molecule has 1 aromatic heterocycles. The van der Waals surface area contributed by atoms with Crippen molar-refractivity contribution < 1.29 is 17.6 Å². The summed E-state index contributed by atoms with van der Waals surface area (Å²) in [7, 11) is -3.07. The van der Waals surface area contributed by atoms with Crippen molar-refractivity contribution in [2.45, 2.75) is 57.6 Å². The van der Waals surface area contributed by atoms with Crippen LogP contribution in [0.5, 0.6) is 0 Å². The fourth-order valence-corrected chi connectivity index (χ4v) is 3.74. The third kappa shape index (κ3) is 5.80.